The van der Waals surface area contributed by atoms with Gasteiger partial charge >= 0.3 is 0 Å². The smallest absolute Gasteiger partial charge is 0.288 e. The van der Waals surface area contributed by atoms with E-state index in [4.69, 9.17) is 5.73 Å². The summed E-state index contributed by atoms with van der Waals surface area (Å²) in [6.45, 7) is 1.94. The van der Waals surface area contributed by atoms with Gasteiger partial charge in [0.05, 0.1) is 0 Å². The molecule has 1 amide bonds. The molecule has 0 fully saturated rings. The highest BCUT2D eigenvalue weighted by Crippen LogP contribution is 2.03. The number of nitrogen functional groups attached to an aromatic ring is 1. The third-order valence-corrected chi connectivity index (χ3v) is 2.48. The van der Waals surface area contributed by atoms with E-state index in [2.05, 4.69) is 20.5 Å². The van der Waals surface area contributed by atoms with E-state index in [1.54, 1.807) is 0 Å². The molecule has 0 saturated carbocycles. The van der Waals surface area contributed by atoms with Crippen LogP contribution in [0.3, 0.4) is 0 Å². The van der Waals surface area contributed by atoms with Crippen molar-refractivity contribution < 1.29 is 4.79 Å². The quantitative estimate of drug-likeness (QED) is 0.740. The summed E-state index contributed by atoms with van der Waals surface area (Å²) in [7, 11) is 0. The molecular formula is C12H15N5O. The molecule has 1 aromatic heterocycles. The van der Waals surface area contributed by atoms with Crippen LogP contribution in [0.4, 0.5) is 5.95 Å². The molecule has 0 aliphatic heterocycles. The fourth-order valence-corrected chi connectivity index (χ4v) is 1.69. The standard InChI is InChI=1S/C12H15N5O/c1-8(7-9-5-3-2-4-6-9)14-11(18)10-15-12(13)17-16-10/h2-6,8H,7H2,1H3,(H,14,18)(H3,13,15,16,17). The highest BCUT2D eigenvalue weighted by Gasteiger charge is 2.13. The molecule has 94 valence electrons. The Balaban J connectivity index is 1.92. The number of H-pyrrole nitrogens is 1. The molecule has 0 aliphatic rings. The topological polar surface area (TPSA) is 96.7 Å². The zero-order valence-electron chi connectivity index (χ0n) is 10.1. The largest absolute Gasteiger partial charge is 0.366 e. The van der Waals surface area contributed by atoms with Crippen LogP contribution in [0.2, 0.25) is 0 Å². The van der Waals surface area contributed by atoms with E-state index in [1.165, 1.54) is 5.56 Å². The van der Waals surface area contributed by atoms with Gasteiger partial charge in [-0.05, 0) is 18.9 Å². The summed E-state index contributed by atoms with van der Waals surface area (Å²) in [5.74, 6) is -0.106. The predicted molar refractivity (Wildman–Crippen MR) is 67.9 cm³/mol. The van der Waals surface area contributed by atoms with Crippen molar-refractivity contribution in [2.45, 2.75) is 19.4 Å². The number of benzene rings is 1. The Morgan fingerprint density at radius 3 is 2.78 bits per heavy atom. The SMILES string of the molecule is CC(Cc1ccccc1)NC(=O)c1nc(N)n[nH]1. The second-order valence-corrected chi connectivity index (χ2v) is 4.11. The Morgan fingerprint density at radius 2 is 2.17 bits per heavy atom. The summed E-state index contributed by atoms with van der Waals surface area (Å²) in [4.78, 5) is 15.5. The van der Waals surface area contributed by atoms with Crippen molar-refractivity contribution in [2.24, 2.45) is 0 Å². The molecule has 6 nitrogen and oxygen atoms in total. The molecule has 6 heteroatoms. The highest BCUT2D eigenvalue weighted by molar-refractivity contribution is 5.90. The lowest BCUT2D eigenvalue weighted by Gasteiger charge is -2.12. The zero-order chi connectivity index (χ0) is 13.0. The molecule has 0 radical (unpaired) electrons. The van der Waals surface area contributed by atoms with Crippen molar-refractivity contribution in [3.8, 4) is 0 Å². The van der Waals surface area contributed by atoms with Crippen molar-refractivity contribution in [3.63, 3.8) is 0 Å². The molecule has 0 saturated heterocycles. The number of rotatable bonds is 4. The van der Waals surface area contributed by atoms with Gasteiger partial charge in [0.15, 0.2) is 0 Å². The van der Waals surface area contributed by atoms with Crippen LogP contribution in [-0.2, 0) is 6.42 Å². The summed E-state index contributed by atoms with van der Waals surface area (Å²) in [5.41, 5.74) is 6.51. The minimum absolute atomic E-state index is 0.00576. The zero-order valence-corrected chi connectivity index (χ0v) is 10.1. The third-order valence-electron chi connectivity index (χ3n) is 2.48. The number of nitrogens with one attached hydrogen (secondary N) is 2. The monoisotopic (exact) mass is 245 g/mol. The molecular weight excluding hydrogens is 230 g/mol. The first-order valence-electron chi connectivity index (χ1n) is 5.68. The first-order chi connectivity index (χ1) is 8.65. The second-order valence-electron chi connectivity index (χ2n) is 4.11. The maximum Gasteiger partial charge on any atom is 0.288 e. The molecule has 0 spiro atoms. The lowest BCUT2D eigenvalue weighted by molar-refractivity contribution is 0.0930. The van der Waals surface area contributed by atoms with Gasteiger partial charge in [-0.25, -0.2) is 0 Å². The van der Waals surface area contributed by atoms with Crippen LogP contribution in [0, 0.1) is 0 Å². The molecule has 18 heavy (non-hydrogen) atoms. The fourth-order valence-electron chi connectivity index (χ4n) is 1.69. The van der Waals surface area contributed by atoms with Crippen LogP contribution in [0.15, 0.2) is 30.3 Å². The van der Waals surface area contributed by atoms with E-state index < -0.39 is 0 Å². The van der Waals surface area contributed by atoms with Crippen LogP contribution in [0.5, 0.6) is 0 Å². The van der Waals surface area contributed by atoms with Gasteiger partial charge in [0, 0.05) is 6.04 Å². The van der Waals surface area contributed by atoms with E-state index in [0.29, 0.717) is 0 Å². The van der Waals surface area contributed by atoms with Gasteiger partial charge in [-0.1, -0.05) is 30.3 Å². The summed E-state index contributed by atoms with van der Waals surface area (Å²) in [5, 5.41) is 8.92. The number of hydrogen-bond acceptors (Lipinski definition) is 4. The molecule has 1 aromatic carbocycles. The van der Waals surface area contributed by atoms with Gasteiger partial charge in [0.2, 0.25) is 11.8 Å². The molecule has 4 N–H and O–H groups in total. The van der Waals surface area contributed by atoms with Crippen LogP contribution < -0.4 is 11.1 Å². The molecule has 0 bridgehead atoms. The maximum atomic E-state index is 11.8. The average Bonchev–Trinajstić information content (AvgIpc) is 2.77. The number of amides is 1. The van der Waals surface area contributed by atoms with Crippen molar-refractivity contribution in [3.05, 3.63) is 41.7 Å². The normalized spacial score (nSPS) is 12.1. The van der Waals surface area contributed by atoms with E-state index >= 15 is 0 Å². The minimum atomic E-state index is -0.303. The Bertz CT molecular complexity index is 522. The van der Waals surface area contributed by atoms with Crippen molar-refractivity contribution in [1.29, 1.82) is 0 Å². The highest BCUT2D eigenvalue weighted by atomic mass is 16.2. The Labute approximate surface area is 105 Å². The van der Waals surface area contributed by atoms with Gasteiger partial charge in [-0.3, -0.25) is 9.89 Å². The number of aromatic amines is 1. The van der Waals surface area contributed by atoms with Crippen LogP contribution >= 0.6 is 0 Å². The first kappa shape index (κ1) is 12.1. The number of carbonyl (C=O) groups is 1. The number of hydrogen-bond donors (Lipinski definition) is 3. The van der Waals surface area contributed by atoms with Crippen LogP contribution in [-0.4, -0.2) is 27.1 Å². The number of nitrogens with zero attached hydrogens (tertiary/aromatic N) is 2. The van der Waals surface area contributed by atoms with Gasteiger partial charge in [-0.15, -0.1) is 5.10 Å². The van der Waals surface area contributed by atoms with Crippen molar-refractivity contribution in [1.82, 2.24) is 20.5 Å². The number of nitrogens with two attached hydrogens (primary N) is 1. The van der Waals surface area contributed by atoms with E-state index in [-0.39, 0.29) is 23.7 Å². The predicted octanol–water partition coefficient (Wildman–Crippen LogP) is 0.748. The van der Waals surface area contributed by atoms with Crippen molar-refractivity contribution >= 4 is 11.9 Å². The average molecular weight is 245 g/mol. The van der Waals surface area contributed by atoms with Gasteiger partial charge in [0.25, 0.3) is 5.91 Å². The van der Waals surface area contributed by atoms with Crippen LogP contribution in [0.1, 0.15) is 23.1 Å². The molecule has 2 aromatic rings. The molecule has 2 rings (SSSR count). The summed E-state index contributed by atoms with van der Waals surface area (Å²) >= 11 is 0. The molecule has 0 aliphatic carbocycles. The summed E-state index contributed by atoms with van der Waals surface area (Å²) < 4.78 is 0. The van der Waals surface area contributed by atoms with E-state index in [9.17, 15) is 4.79 Å². The van der Waals surface area contributed by atoms with Gasteiger partial charge < -0.3 is 11.1 Å². The Morgan fingerprint density at radius 1 is 1.44 bits per heavy atom. The van der Waals surface area contributed by atoms with E-state index in [1.807, 2.05) is 37.3 Å². The maximum absolute atomic E-state index is 11.8. The fraction of sp³-hybridized carbons (Fsp3) is 0.250. The molecule has 1 unspecified atom stereocenters. The summed E-state index contributed by atoms with van der Waals surface area (Å²) in [6.07, 6.45) is 0.760. The number of carbonyl (C=O) groups excluding carboxylic acids is 1. The van der Waals surface area contributed by atoms with E-state index in [0.717, 1.165) is 6.42 Å². The molecule has 1 atom stereocenters. The van der Waals surface area contributed by atoms with Crippen molar-refractivity contribution in [2.75, 3.05) is 5.73 Å². The lowest BCUT2D eigenvalue weighted by atomic mass is 10.1. The Kier molecular flexibility index (Phi) is 3.57. The molecule has 1 heterocycles. The van der Waals surface area contributed by atoms with Gasteiger partial charge in [-0.2, -0.15) is 4.98 Å². The lowest BCUT2D eigenvalue weighted by Crippen LogP contribution is -2.34. The third kappa shape index (κ3) is 3.07. The van der Waals surface area contributed by atoms with Gasteiger partial charge in [0.1, 0.15) is 0 Å². The number of aromatic nitrogens is 3. The first-order valence-corrected chi connectivity index (χ1v) is 5.68. The van der Waals surface area contributed by atoms with Crippen LogP contribution in [0.25, 0.3) is 0 Å². The Hall–Kier alpha value is -2.37. The number of anilines is 1. The minimum Gasteiger partial charge on any atom is -0.366 e. The summed E-state index contributed by atoms with van der Waals surface area (Å²) in [6, 6.07) is 9.96. The second kappa shape index (κ2) is 5.31.